The molecule has 0 saturated heterocycles. The maximum atomic E-state index is 12.5. The first-order valence-corrected chi connectivity index (χ1v) is 10.8. The molecule has 0 radical (unpaired) electrons. The van der Waals surface area contributed by atoms with E-state index in [4.69, 9.17) is 9.47 Å². The molecule has 8 nitrogen and oxygen atoms in total. The summed E-state index contributed by atoms with van der Waals surface area (Å²) in [5.74, 6) is 1.07. The molecule has 2 aromatic carbocycles. The summed E-state index contributed by atoms with van der Waals surface area (Å²) in [4.78, 5) is 12.6. The number of hydrogen-bond acceptors (Lipinski definition) is 6. The average Bonchev–Trinajstić information content (AvgIpc) is 2.67. The van der Waals surface area contributed by atoms with E-state index in [1.807, 2.05) is 6.07 Å². The van der Waals surface area contributed by atoms with Crippen molar-refractivity contribution < 1.29 is 22.7 Å². The molecule has 1 aliphatic heterocycles. The standard InChI is InChI=1S/C20H25N3O5S/c1-13(2)23-29(25,26)17-7-4-15(5-8-17)22-20(24)14(3)21-16-6-9-18-19(12-16)28-11-10-27-18/h4-9,12-14,21,23H,10-11H2,1-3H3,(H,22,24)/t14-/m1/s1. The fraction of sp³-hybridized carbons (Fsp3) is 0.350. The van der Waals surface area contributed by atoms with Gasteiger partial charge in [-0.2, -0.15) is 0 Å². The Bertz CT molecular complexity index is 974. The van der Waals surface area contributed by atoms with Crippen LogP contribution >= 0.6 is 0 Å². The molecule has 0 fully saturated rings. The van der Waals surface area contributed by atoms with E-state index in [0.29, 0.717) is 30.4 Å². The van der Waals surface area contributed by atoms with Gasteiger partial charge in [0.25, 0.3) is 0 Å². The highest BCUT2D eigenvalue weighted by atomic mass is 32.2. The number of benzene rings is 2. The molecule has 3 rings (SSSR count). The van der Waals surface area contributed by atoms with Gasteiger partial charge in [0.05, 0.1) is 4.90 Å². The zero-order chi connectivity index (χ0) is 21.0. The predicted octanol–water partition coefficient (Wildman–Crippen LogP) is 2.58. The lowest BCUT2D eigenvalue weighted by Gasteiger charge is -2.20. The molecule has 0 spiro atoms. The van der Waals surface area contributed by atoms with Gasteiger partial charge in [0, 0.05) is 23.5 Å². The number of sulfonamides is 1. The van der Waals surface area contributed by atoms with Crippen LogP contribution < -0.4 is 24.8 Å². The highest BCUT2D eigenvalue weighted by Gasteiger charge is 2.18. The van der Waals surface area contributed by atoms with Crippen LogP contribution in [0.25, 0.3) is 0 Å². The Labute approximate surface area is 170 Å². The van der Waals surface area contributed by atoms with Gasteiger partial charge in [-0.05, 0) is 57.2 Å². The highest BCUT2D eigenvalue weighted by Crippen LogP contribution is 2.32. The Morgan fingerprint density at radius 2 is 1.55 bits per heavy atom. The summed E-state index contributed by atoms with van der Waals surface area (Å²) in [6.45, 7) is 6.25. The van der Waals surface area contributed by atoms with E-state index < -0.39 is 16.1 Å². The van der Waals surface area contributed by atoms with Crippen LogP contribution in [-0.4, -0.2) is 39.6 Å². The Hall–Kier alpha value is -2.78. The molecule has 29 heavy (non-hydrogen) atoms. The maximum absolute atomic E-state index is 12.5. The van der Waals surface area contributed by atoms with E-state index in [1.165, 1.54) is 12.1 Å². The van der Waals surface area contributed by atoms with Gasteiger partial charge in [-0.15, -0.1) is 0 Å². The van der Waals surface area contributed by atoms with Gasteiger partial charge >= 0.3 is 0 Å². The van der Waals surface area contributed by atoms with E-state index >= 15 is 0 Å². The lowest BCUT2D eigenvalue weighted by Crippen LogP contribution is -2.32. The molecule has 0 saturated carbocycles. The minimum atomic E-state index is -3.57. The topological polar surface area (TPSA) is 106 Å². The molecule has 0 aliphatic carbocycles. The van der Waals surface area contributed by atoms with E-state index in [-0.39, 0.29) is 16.8 Å². The maximum Gasteiger partial charge on any atom is 0.246 e. The predicted molar refractivity (Wildman–Crippen MR) is 111 cm³/mol. The fourth-order valence-electron chi connectivity index (χ4n) is 2.79. The average molecular weight is 420 g/mol. The third kappa shape index (κ3) is 5.39. The van der Waals surface area contributed by atoms with Crippen molar-refractivity contribution in [3.63, 3.8) is 0 Å². The van der Waals surface area contributed by atoms with E-state index in [2.05, 4.69) is 15.4 Å². The minimum Gasteiger partial charge on any atom is -0.486 e. The summed E-state index contributed by atoms with van der Waals surface area (Å²) in [6, 6.07) is 10.7. The second-order valence-electron chi connectivity index (χ2n) is 7.01. The number of ether oxygens (including phenoxy) is 2. The van der Waals surface area contributed by atoms with Gasteiger partial charge in [0.1, 0.15) is 19.3 Å². The van der Waals surface area contributed by atoms with E-state index in [9.17, 15) is 13.2 Å². The van der Waals surface area contributed by atoms with Gasteiger partial charge in [0.15, 0.2) is 11.5 Å². The quantitative estimate of drug-likeness (QED) is 0.637. The molecular formula is C20H25N3O5S. The zero-order valence-corrected chi connectivity index (χ0v) is 17.4. The molecule has 9 heteroatoms. The monoisotopic (exact) mass is 419 g/mol. The van der Waals surface area contributed by atoms with Crippen molar-refractivity contribution in [1.82, 2.24) is 4.72 Å². The van der Waals surface area contributed by atoms with Gasteiger partial charge in [0.2, 0.25) is 15.9 Å². The third-order valence-electron chi connectivity index (χ3n) is 4.14. The number of amides is 1. The van der Waals surface area contributed by atoms with Crippen LogP contribution in [-0.2, 0) is 14.8 Å². The summed E-state index contributed by atoms with van der Waals surface area (Å²) in [7, 11) is -3.57. The van der Waals surface area contributed by atoms with E-state index in [1.54, 1.807) is 45.0 Å². The molecular weight excluding hydrogens is 394 g/mol. The number of nitrogens with one attached hydrogen (secondary N) is 3. The fourth-order valence-corrected chi connectivity index (χ4v) is 4.05. The summed E-state index contributed by atoms with van der Waals surface area (Å²) >= 11 is 0. The summed E-state index contributed by atoms with van der Waals surface area (Å²) in [6.07, 6.45) is 0. The van der Waals surface area contributed by atoms with Crippen molar-refractivity contribution in [1.29, 1.82) is 0 Å². The van der Waals surface area contributed by atoms with Crippen molar-refractivity contribution in [3.8, 4) is 11.5 Å². The largest absolute Gasteiger partial charge is 0.486 e. The third-order valence-corrected chi connectivity index (χ3v) is 5.82. The number of carbonyl (C=O) groups is 1. The Morgan fingerprint density at radius 1 is 0.931 bits per heavy atom. The Balaban J connectivity index is 1.61. The molecule has 2 aromatic rings. The smallest absolute Gasteiger partial charge is 0.246 e. The van der Waals surface area contributed by atoms with Crippen molar-refractivity contribution >= 4 is 27.3 Å². The van der Waals surface area contributed by atoms with Crippen LogP contribution in [0, 0.1) is 0 Å². The van der Waals surface area contributed by atoms with Crippen LogP contribution in [0.1, 0.15) is 20.8 Å². The van der Waals surface area contributed by atoms with Gasteiger partial charge < -0.3 is 20.1 Å². The first-order chi connectivity index (χ1) is 13.7. The van der Waals surface area contributed by atoms with Crippen molar-refractivity contribution in [2.24, 2.45) is 0 Å². The molecule has 0 bridgehead atoms. The lowest BCUT2D eigenvalue weighted by molar-refractivity contribution is -0.116. The molecule has 0 aromatic heterocycles. The molecule has 3 N–H and O–H groups in total. The van der Waals surface area contributed by atoms with Crippen LogP contribution in [0.15, 0.2) is 47.4 Å². The van der Waals surface area contributed by atoms with Gasteiger partial charge in [-0.25, -0.2) is 13.1 Å². The number of hydrogen-bond donors (Lipinski definition) is 3. The summed E-state index contributed by atoms with van der Waals surface area (Å²) in [5, 5.41) is 5.89. The number of fused-ring (bicyclic) bond motifs is 1. The van der Waals surface area contributed by atoms with Crippen LogP contribution in [0.4, 0.5) is 11.4 Å². The lowest BCUT2D eigenvalue weighted by atomic mass is 10.2. The first kappa shape index (κ1) is 20.9. The molecule has 1 heterocycles. The second kappa shape index (κ2) is 8.71. The molecule has 1 aliphatic rings. The molecule has 1 amide bonds. The Kier molecular flexibility index (Phi) is 6.29. The Morgan fingerprint density at radius 3 is 2.21 bits per heavy atom. The highest BCUT2D eigenvalue weighted by molar-refractivity contribution is 7.89. The zero-order valence-electron chi connectivity index (χ0n) is 16.6. The normalized spacial score (nSPS) is 14.3. The van der Waals surface area contributed by atoms with Crippen molar-refractivity contribution in [2.45, 2.75) is 37.8 Å². The SMILES string of the molecule is CC(C)NS(=O)(=O)c1ccc(NC(=O)[C@@H](C)Nc2ccc3c(c2)OCCO3)cc1. The molecule has 0 unspecified atom stereocenters. The van der Waals surface area contributed by atoms with Crippen molar-refractivity contribution in [2.75, 3.05) is 23.8 Å². The number of carbonyl (C=O) groups excluding carboxylic acids is 1. The van der Waals surface area contributed by atoms with E-state index in [0.717, 1.165) is 5.69 Å². The molecule has 156 valence electrons. The first-order valence-electron chi connectivity index (χ1n) is 9.34. The van der Waals surface area contributed by atoms with Gasteiger partial charge in [-0.1, -0.05) is 0 Å². The summed E-state index contributed by atoms with van der Waals surface area (Å²) < 4.78 is 37.9. The van der Waals surface area contributed by atoms with Crippen LogP contribution in [0.2, 0.25) is 0 Å². The number of anilines is 2. The second-order valence-corrected chi connectivity index (χ2v) is 8.73. The number of rotatable bonds is 7. The molecule has 1 atom stereocenters. The van der Waals surface area contributed by atoms with Gasteiger partial charge in [-0.3, -0.25) is 4.79 Å². The minimum absolute atomic E-state index is 0.145. The van der Waals surface area contributed by atoms with Crippen molar-refractivity contribution in [3.05, 3.63) is 42.5 Å². The van der Waals surface area contributed by atoms with Crippen LogP contribution in [0.3, 0.4) is 0 Å². The van der Waals surface area contributed by atoms with Crippen LogP contribution in [0.5, 0.6) is 11.5 Å². The summed E-state index contributed by atoms with van der Waals surface area (Å²) in [5.41, 5.74) is 1.24.